The lowest BCUT2D eigenvalue weighted by Gasteiger charge is -2.25. The van der Waals surface area contributed by atoms with Gasteiger partial charge in [-0.1, -0.05) is 0 Å². The predicted octanol–water partition coefficient (Wildman–Crippen LogP) is 2.39. The Kier molecular flexibility index (Phi) is 5.65. The molecule has 6 nitrogen and oxygen atoms in total. The number of nitrogens with two attached hydrogens (primary N) is 1. The molecule has 2 heterocycles. The van der Waals surface area contributed by atoms with Crippen molar-refractivity contribution < 1.29 is 9.53 Å². The molecule has 0 aromatic carbocycles. The summed E-state index contributed by atoms with van der Waals surface area (Å²) in [7, 11) is 0. The first-order valence-corrected chi connectivity index (χ1v) is 8.88. The normalized spacial score (nSPS) is 19.9. The maximum absolute atomic E-state index is 12.2. The number of likely N-dealkylation sites (tertiary alicyclic amines) is 1. The summed E-state index contributed by atoms with van der Waals surface area (Å²) in [5.41, 5.74) is 3.54. The zero-order valence-corrected chi connectivity index (χ0v) is 15.5. The van der Waals surface area contributed by atoms with Gasteiger partial charge in [0.2, 0.25) is 0 Å². The van der Waals surface area contributed by atoms with E-state index in [4.69, 9.17) is 10.6 Å². The molecular formula is C16H28N4O2S. The van der Waals surface area contributed by atoms with Crippen molar-refractivity contribution in [3.8, 4) is 0 Å². The van der Waals surface area contributed by atoms with Gasteiger partial charge in [-0.25, -0.2) is 9.78 Å². The van der Waals surface area contributed by atoms with Crippen LogP contribution < -0.4 is 11.3 Å². The van der Waals surface area contributed by atoms with Gasteiger partial charge >= 0.3 is 6.09 Å². The molecule has 3 N–H and O–H groups in total. The number of aryl methyl sites for hydroxylation is 2. The number of hydrogen-bond acceptors (Lipinski definition) is 6. The summed E-state index contributed by atoms with van der Waals surface area (Å²) in [4.78, 5) is 19.8. The highest BCUT2D eigenvalue weighted by Crippen LogP contribution is 2.25. The molecular weight excluding hydrogens is 312 g/mol. The van der Waals surface area contributed by atoms with Gasteiger partial charge in [0.15, 0.2) is 0 Å². The van der Waals surface area contributed by atoms with E-state index in [1.807, 2.05) is 27.7 Å². The maximum atomic E-state index is 12.2. The number of carbonyl (C=O) groups is 1. The highest BCUT2D eigenvalue weighted by Gasteiger charge is 2.34. The van der Waals surface area contributed by atoms with Crippen molar-refractivity contribution in [2.75, 3.05) is 13.1 Å². The van der Waals surface area contributed by atoms with Crippen molar-refractivity contribution in [1.29, 1.82) is 0 Å². The molecule has 0 radical (unpaired) electrons. The number of thiazole rings is 1. The van der Waals surface area contributed by atoms with Gasteiger partial charge in [0.25, 0.3) is 0 Å². The average Bonchev–Trinajstić information content (AvgIpc) is 3.02. The molecule has 1 aromatic rings. The number of nitrogens with one attached hydrogen (secondary N) is 1. The van der Waals surface area contributed by atoms with Crippen molar-refractivity contribution in [1.82, 2.24) is 15.3 Å². The van der Waals surface area contributed by atoms with Gasteiger partial charge in [-0.05, 0) is 47.0 Å². The molecule has 130 valence electrons. The predicted molar refractivity (Wildman–Crippen MR) is 92.3 cm³/mol. The van der Waals surface area contributed by atoms with Gasteiger partial charge in [-0.2, -0.15) is 0 Å². The van der Waals surface area contributed by atoms with E-state index >= 15 is 0 Å². The van der Waals surface area contributed by atoms with Crippen molar-refractivity contribution in [2.45, 2.75) is 59.1 Å². The second-order valence-electron chi connectivity index (χ2n) is 7.20. The lowest BCUT2D eigenvalue weighted by molar-refractivity contribution is 0.0285. The Balaban J connectivity index is 1.94. The van der Waals surface area contributed by atoms with E-state index in [0.717, 1.165) is 23.5 Å². The fraction of sp³-hybridized carbons (Fsp3) is 0.750. The van der Waals surface area contributed by atoms with Gasteiger partial charge in [0, 0.05) is 30.4 Å². The SMILES string of the molecule is Cc1nc(CC(NN)C2CCN(C(=O)OC(C)(C)C)C2)sc1C. The molecule has 23 heavy (non-hydrogen) atoms. The Labute approximate surface area is 142 Å². The minimum absolute atomic E-state index is 0.118. The zero-order chi connectivity index (χ0) is 17.2. The van der Waals surface area contributed by atoms with E-state index in [9.17, 15) is 4.79 Å². The Hall–Kier alpha value is -1.18. The summed E-state index contributed by atoms with van der Waals surface area (Å²) in [5.74, 6) is 6.08. The van der Waals surface area contributed by atoms with Crippen LogP contribution in [0.15, 0.2) is 0 Å². The number of hydrazine groups is 1. The summed E-state index contributed by atoms with van der Waals surface area (Å²) in [6.45, 7) is 11.2. The minimum Gasteiger partial charge on any atom is -0.444 e. The topological polar surface area (TPSA) is 80.5 Å². The molecule has 1 amide bonds. The summed E-state index contributed by atoms with van der Waals surface area (Å²) >= 11 is 1.72. The zero-order valence-electron chi connectivity index (χ0n) is 14.7. The van der Waals surface area contributed by atoms with Crippen LogP contribution in [0, 0.1) is 19.8 Å². The van der Waals surface area contributed by atoms with Gasteiger partial charge in [-0.15, -0.1) is 11.3 Å². The largest absolute Gasteiger partial charge is 0.444 e. The Morgan fingerprint density at radius 2 is 2.22 bits per heavy atom. The molecule has 1 aliphatic heterocycles. The quantitative estimate of drug-likeness (QED) is 0.650. The molecule has 2 rings (SSSR count). The van der Waals surface area contributed by atoms with E-state index in [-0.39, 0.29) is 12.1 Å². The van der Waals surface area contributed by atoms with Crippen LogP contribution in [0.2, 0.25) is 0 Å². The minimum atomic E-state index is -0.462. The molecule has 0 bridgehead atoms. The van der Waals surface area contributed by atoms with Crippen LogP contribution in [0.5, 0.6) is 0 Å². The van der Waals surface area contributed by atoms with Crippen molar-refractivity contribution in [3.05, 3.63) is 15.6 Å². The Morgan fingerprint density at radius 1 is 1.52 bits per heavy atom. The van der Waals surface area contributed by atoms with Crippen LogP contribution in [0.25, 0.3) is 0 Å². The summed E-state index contributed by atoms with van der Waals surface area (Å²) in [6.07, 6.45) is 1.48. The molecule has 1 saturated heterocycles. The van der Waals surface area contributed by atoms with Crippen molar-refractivity contribution in [3.63, 3.8) is 0 Å². The monoisotopic (exact) mass is 340 g/mol. The average molecular weight is 340 g/mol. The second-order valence-corrected chi connectivity index (χ2v) is 8.49. The van der Waals surface area contributed by atoms with Gasteiger partial charge in [0.1, 0.15) is 5.60 Å². The van der Waals surface area contributed by atoms with Crippen LogP contribution in [0.4, 0.5) is 4.79 Å². The van der Waals surface area contributed by atoms with Gasteiger partial charge in [-0.3, -0.25) is 11.3 Å². The molecule has 0 spiro atoms. The first kappa shape index (κ1) is 18.2. The van der Waals surface area contributed by atoms with Gasteiger partial charge in [0.05, 0.1) is 10.7 Å². The third kappa shape index (κ3) is 4.89. The van der Waals surface area contributed by atoms with Crippen LogP contribution >= 0.6 is 11.3 Å². The number of hydrogen-bond donors (Lipinski definition) is 2. The Bertz CT molecular complexity index is 533. The Morgan fingerprint density at radius 3 is 2.74 bits per heavy atom. The molecule has 1 fully saturated rings. The number of nitrogens with zero attached hydrogens (tertiary/aromatic N) is 2. The first-order chi connectivity index (χ1) is 10.7. The number of ether oxygens (including phenoxy) is 1. The van der Waals surface area contributed by atoms with E-state index in [2.05, 4.69) is 17.3 Å². The third-order valence-corrected chi connectivity index (χ3v) is 5.22. The van der Waals surface area contributed by atoms with Crippen molar-refractivity contribution >= 4 is 17.4 Å². The molecule has 1 aliphatic rings. The molecule has 0 saturated carbocycles. The molecule has 0 aliphatic carbocycles. The van der Waals surface area contributed by atoms with Crippen molar-refractivity contribution in [2.24, 2.45) is 11.8 Å². The lowest BCUT2D eigenvalue weighted by atomic mass is 9.97. The number of aromatic nitrogens is 1. The van der Waals surface area contributed by atoms with Crippen LogP contribution in [0.3, 0.4) is 0 Å². The van der Waals surface area contributed by atoms with E-state index in [1.165, 1.54) is 4.88 Å². The maximum Gasteiger partial charge on any atom is 0.410 e. The standard InChI is InChI=1S/C16H28N4O2S/c1-10-11(2)23-14(18-10)8-13(19-17)12-6-7-20(9-12)15(21)22-16(3,4)5/h12-13,19H,6-9,17H2,1-5H3. The number of rotatable bonds is 4. The summed E-state index contributed by atoms with van der Waals surface area (Å²) in [6, 6.07) is 0.118. The molecule has 2 unspecified atom stereocenters. The fourth-order valence-corrected chi connectivity index (χ4v) is 3.78. The lowest BCUT2D eigenvalue weighted by Crippen LogP contribution is -2.44. The smallest absolute Gasteiger partial charge is 0.410 e. The van der Waals surface area contributed by atoms with Gasteiger partial charge < -0.3 is 9.64 Å². The van der Waals surface area contributed by atoms with E-state index in [0.29, 0.717) is 19.0 Å². The van der Waals surface area contributed by atoms with E-state index in [1.54, 1.807) is 16.2 Å². The highest BCUT2D eigenvalue weighted by molar-refractivity contribution is 7.11. The molecule has 2 atom stereocenters. The number of carbonyl (C=O) groups excluding carboxylic acids is 1. The summed E-state index contributed by atoms with van der Waals surface area (Å²) in [5, 5.41) is 1.10. The van der Waals surface area contributed by atoms with Crippen LogP contribution in [-0.4, -0.2) is 40.7 Å². The van der Waals surface area contributed by atoms with E-state index < -0.39 is 5.60 Å². The highest BCUT2D eigenvalue weighted by atomic mass is 32.1. The first-order valence-electron chi connectivity index (χ1n) is 8.06. The molecule has 7 heteroatoms. The number of amides is 1. The second kappa shape index (κ2) is 7.15. The fourth-order valence-electron chi connectivity index (χ4n) is 2.78. The van der Waals surface area contributed by atoms with Crippen LogP contribution in [0.1, 0.15) is 42.8 Å². The molecule has 1 aromatic heterocycles. The third-order valence-electron chi connectivity index (χ3n) is 4.13. The summed E-state index contributed by atoms with van der Waals surface area (Å²) < 4.78 is 5.45. The van der Waals surface area contributed by atoms with Crippen LogP contribution in [-0.2, 0) is 11.2 Å².